The molecule has 0 N–H and O–H groups in total. The maximum atomic E-state index is 10.5. The van der Waals surface area contributed by atoms with Crippen LogP contribution < -0.4 is 0 Å². The molecule has 1 radical (unpaired) electrons. The van der Waals surface area contributed by atoms with Crippen molar-refractivity contribution in [2.75, 3.05) is 0 Å². The van der Waals surface area contributed by atoms with E-state index in [2.05, 4.69) is 6.92 Å². The Balaban J connectivity index is 0. The third kappa shape index (κ3) is 13.2. The van der Waals surface area contributed by atoms with Crippen LogP contribution in [-0.2, 0) is 21.9 Å². The van der Waals surface area contributed by atoms with Crippen LogP contribution in [-0.4, -0.2) is 5.78 Å². The summed E-state index contributed by atoms with van der Waals surface area (Å²) < 4.78 is 0. The smallest absolute Gasteiger partial charge is 0.129 e. The normalized spacial score (nSPS) is 8.91. The van der Waals surface area contributed by atoms with E-state index in [1.54, 1.807) is 6.92 Å². The Bertz CT molecular complexity index is 91.6. The van der Waals surface area contributed by atoms with Crippen LogP contribution in [0.1, 0.15) is 52.4 Å². The minimum Gasteiger partial charge on any atom is -0.300 e. The molecule has 0 fully saturated rings. The summed E-state index contributed by atoms with van der Waals surface area (Å²) in [5, 5.41) is 0. The van der Waals surface area contributed by atoms with Crippen molar-refractivity contribution in [3.05, 3.63) is 0 Å². The molecule has 0 saturated carbocycles. The third-order valence-electron chi connectivity index (χ3n) is 1.63. The number of unbranched alkanes of at least 4 members (excludes halogenated alkanes) is 4. The molecule has 0 atom stereocenters. The molecule has 0 aromatic heterocycles. The molecule has 11 heavy (non-hydrogen) atoms. The van der Waals surface area contributed by atoms with E-state index >= 15 is 0 Å². The summed E-state index contributed by atoms with van der Waals surface area (Å²) in [5.41, 5.74) is 0. The second-order valence-electron chi connectivity index (χ2n) is 2.87. The Hall–Kier alpha value is 0.189. The average molecular weight is 206 g/mol. The van der Waals surface area contributed by atoms with E-state index in [9.17, 15) is 4.79 Å². The molecule has 0 rings (SSSR count). The van der Waals surface area contributed by atoms with Gasteiger partial charge in [-0.3, -0.25) is 0 Å². The fourth-order valence-electron chi connectivity index (χ4n) is 0.977. The van der Waals surface area contributed by atoms with Crippen molar-refractivity contribution in [1.29, 1.82) is 0 Å². The zero-order valence-electron chi connectivity index (χ0n) is 7.45. The fraction of sp³-hybridized carbons (Fsp3) is 0.889. The van der Waals surface area contributed by atoms with E-state index in [0.717, 1.165) is 12.8 Å². The van der Waals surface area contributed by atoms with Crippen LogP contribution in [0.4, 0.5) is 0 Å². The molecule has 1 nitrogen and oxygen atoms in total. The molecule has 0 aromatic rings. The molecule has 0 bridgehead atoms. The summed E-state index contributed by atoms with van der Waals surface area (Å²) in [7, 11) is 0. The largest absolute Gasteiger partial charge is 0.300 e. The standard InChI is InChI=1S/C9H18O.Cu/c1-3-4-5-6-7-8-9(2)10;/h3-8H2,1-2H3;. The van der Waals surface area contributed by atoms with Gasteiger partial charge >= 0.3 is 0 Å². The monoisotopic (exact) mass is 205 g/mol. The van der Waals surface area contributed by atoms with Crippen molar-refractivity contribution < 1.29 is 21.9 Å². The van der Waals surface area contributed by atoms with Crippen molar-refractivity contribution in [3.63, 3.8) is 0 Å². The number of rotatable bonds is 6. The summed E-state index contributed by atoms with van der Waals surface area (Å²) >= 11 is 0. The molecule has 2 heteroatoms. The zero-order chi connectivity index (χ0) is 7.82. The van der Waals surface area contributed by atoms with Crippen LogP contribution in [0.5, 0.6) is 0 Å². The molecule has 0 aliphatic rings. The summed E-state index contributed by atoms with van der Waals surface area (Å²) in [4.78, 5) is 10.5. The SMILES string of the molecule is CCCCCCCC(C)=O.[Cu]. The second kappa shape index (κ2) is 10.2. The van der Waals surface area contributed by atoms with Crippen molar-refractivity contribution in [3.8, 4) is 0 Å². The molecule has 0 aliphatic carbocycles. The van der Waals surface area contributed by atoms with Crippen LogP contribution in [0, 0.1) is 0 Å². The fourth-order valence-corrected chi connectivity index (χ4v) is 0.977. The minimum absolute atomic E-state index is 0. The van der Waals surface area contributed by atoms with Gasteiger partial charge in [0.05, 0.1) is 0 Å². The van der Waals surface area contributed by atoms with E-state index in [4.69, 9.17) is 0 Å². The van der Waals surface area contributed by atoms with Crippen LogP contribution in [0.3, 0.4) is 0 Å². The van der Waals surface area contributed by atoms with Crippen molar-refractivity contribution in [2.45, 2.75) is 52.4 Å². The van der Waals surface area contributed by atoms with E-state index in [-0.39, 0.29) is 17.1 Å². The number of carbonyl (C=O) groups is 1. The number of carbonyl (C=O) groups excluding carboxylic acids is 1. The third-order valence-corrected chi connectivity index (χ3v) is 1.63. The van der Waals surface area contributed by atoms with Crippen molar-refractivity contribution >= 4 is 5.78 Å². The number of Topliss-reactive ketones (excluding diaryl/α,β-unsaturated/α-hetero) is 1. The van der Waals surface area contributed by atoms with Crippen molar-refractivity contribution in [2.24, 2.45) is 0 Å². The molecule has 0 amide bonds. The Morgan fingerprint density at radius 1 is 1.09 bits per heavy atom. The van der Waals surface area contributed by atoms with Gasteiger partial charge < -0.3 is 4.79 Å². The number of hydrogen-bond acceptors (Lipinski definition) is 1. The van der Waals surface area contributed by atoms with Gasteiger partial charge in [0, 0.05) is 23.5 Å². The van der Waals surface area contributed by atoms with E-state index in [1.807, 2.05) is 0 Å². The first-order chi connectivity index (χ1) is 4.77. The van der Waals surface area contributed by atoms with Crippen LogP contribution in [0.2, 0.25) is 0 Å². The van der Waals surface area contributed by atoms with Gasteiger partial charge in [0.1, 0.15) is 5.78 Å². The van der Waals surface area contributed by atoms with Gasteiger partial charge in [0.2, 0.25) is 0 Å². The summed E-state index contributed by atoms with van der Waals surface area (Å²) in [6.07, 6.45) is 6.99. The maximum absolute atomic E-state index is 10.5. The molecular formula is C9H18CuO. The first kappa shape index (κ1) is 13.8. The molecule has 0 spiro atoms. The molecular weight excluding hydrogens is 188 g/mol. The number of ketones is 1. The second-order valence-corrected chi connectivity index (χ2v) is 2.87. The average Bonchev–Trinajstić information content (AvgIpc) is 1.87. The maximum Gasteiger partial charge on any atom is 0.129 e. The Morgan fingerprint density at radius 2 is 1.64 bits per heavy atom. The molecule has 0 aromatic carbocycles. The van der Waals surface area contributed by atoms with Gasteiger partial charge in [-0.25, -0.2) is 0 Å². The van der Waals surface area contributed by atoms with Gasteiger partial charge in [0.15, 0.2) is 0 Å². The van der Waals surface area contributed by atoms with Crippen LogP contribution in [0.25, 0.3) is 0 Å². The van der Waals surface area contributed by atoms with E-state index in [0.29, 0.717) is 5.78 Å². The molecule has 0 saturated heterocycles. The van der Waals surface area contributed by atoms with Crippen LogP contribution >= 0.6 is 0 Å². The first-order valence-corrected chi connectivity index (χ1v) is 4.26. The minimum atomic E-state index is 0. The van der Waals surface area contributed by atoms with Gasteiger partial charge in [0.25, 0.3) is 0 Å². The Morgan fingerprint density at radius 3 is 2.09 bits per heavy atom. The van der Waals surface area contributed by atoms with Crippen LogP contribution in [0.15, 0.2) is 0 Å². The first-order valence-electron chi connectivity index (χ1n) is 4.26. The quantitative estimate of drug-likeness (QED) is 0.482. The van der Waals surface area contributed by atoms with Crippen molar-refractivity contribution in [1.82, 2.24) is 0 Å². The summed E-state index contributed by atoms with van der Waals surface area (Å²) in [6, 6.07) is 0. The summed E-state index contributed by atoms with van der Waals surface area (Å²) in [5.74, 6) is 0.330. The predicted octanol–water partition coefficient (Wildman–Crippen LogP) is 2.93. The van der Waals surface area contributed by atoms with Gasteiger partial charge in [-0.2, -0.15) is 0 Å². The topological polar surface area (TPSA) is 17.1 Å². The van der Waals surface area contributed by atoms with E-state index in [1.165, 1.54) is 25.7 Å². The predicted molar refractivity (Wildman–Crippen MR) is 44.1 cm³/mol. The summed E-state index contributed by atoms with van der Waals surface area (Å²) in [6.45, 7) is 3.87. The van der Waals surface area contributed by atoms with Gasteiger partial charge in [-0.05, 0) is 13.3 Å². The zero-order valence-corrected chi connectivity index (χ0v) is 8.39. The molecule has 0 unspecified atom stereocenters. The molecule has 71 valence electrons. The molecule has 0 aliphatic heterocycles. The Labute approximate surface area is 80.4 Å². The van der Waals surface area contributed by atoms with Gasteiger partial charge in [-0.1, -0.05) is 32.6 Å². The Kier molecular flexibility index (Phi) is 12.7. The van der Waals surface area contributed by atoms with E-state index < -0.39 is 0 Å². The van der Waals surface area contributed by atoms with Gasteiger partial charge in [-0.15, -0.1) is 0 Å². The number of hydrogen-bond donors (Lipinski definition) is 0. The molecule has 0 heterocycles.